The van der Waals surface area contributed by atoms with Crippen molar-refractivity contribution in [3.63, 3.8) is 0 Å². The van der Waals surface area contributed by atoms with E-state index in [-0.39, 0.29) is 17.9 Å². The molecule has 0 spiro atoms. The van der Waals surface area contributed by atoms with E-state index in [1.54, 1.807) is 37.7 Å². The van der Waals surface area contributed by atoms with Crippen LogP contribution in [0.4, 0.5) is 5.69 Å². The number of rotatable bonds is 5. The van der Waals surface area contributed by atoms with Crippen LogP contribution in [0.3, 0.4) is 0 Å². The first-order chi connectivity index (χ1) is 15.9. The lowest BCUT2D eigenvalue weighted by atomic mass is 9.73. The number of amides is 1. The molecular weight excluding hydrogens is 465 g/mol. The fourth-order valence-electron chi connectivity index (χ4n) is 4.95. The van der Waals surface area contributed by atoms with E-state index in [0.29, 0.717) is 27.8 Å². The highest BCUT2D eigenvalue weighted by atomic mass is 35.5. The standard InChI is InChI=1S/C24H23Cl2N3O4/c1-32-24(7-2-3-8-28-24)19-10-13(6-9-27-19)20-21(18-12-17(30)22(20)33-18)23(31)29-14-4-5-15(25)16(26)11-14/h2-11,17-18,20-22,28,30H,12H2,1H3,(H,29,31)/t17-,18+,20+,21+,22-,24?/m1/s1. The highest BCUT2D eigenvalue weighted by Gasteiger charge is 2.57. The van der Waals surface area contributed by atoms with Gasteiger partial charge in [0.1, 0.15) is 0 Å². The van der Waals surface area contributed by atoms with Gasteiger partial charge in [-0.15, -0.1) is 0 Å². The number of aromatic nitrogens is 1. The fourth-order valence-corrected chi connectivity index (χ4v) is 5.25. The van der Waals surface area contributed by atoms with Crippen LogP contribution in [-0.2, 0) is 20.0 Å². The molecule has 172 valence electrons. The first-order valence-electron chi connectivity index (χ1n) is 10.6. The molecule has 2 saturated heterocycles. The Labute approximate surface area is 201 Å². The molecule has 0 aliphatic carbocycles. The van der Waals surface area contributed by atoms with Crippen molar-refractivity contribution in [1.29, 1.82) is 0 Å². The van der Waals surface area contributed by atoms with Crippen molar-refractivity contribution < 1.29 is 19.4 Å². The molecule has 2 aromatic rings. The molecule has 3 aliphatic rings. The van der Waals surface area contributed by atoms with E-state index in [1.165, 1.54) is 0 Å². The quantitative estimate of drug-likeness (QED) is 0.594. The molecule has 3 N–H and O–H groups in total. The third-order valence-corrected chi connectivity index (χ3v) is 7.26. The monoisotopic (exact) mass is 487 g/mol. The number of hydrogen-bond donors (Lipinski definition) is 3. The lowest BCUT2D eigenvalue weighted by Gasteiger charge is -2.33. The number of carbonyl (C=O) groups excluding carboxylic acids is 1. The molecule has 5 rings (SSSR count). The number of hydrogen-bond acceptors (Lipinski definition) is 6. The van der Waals surface area contributed by atoms with Crippen LogP contribution < -0.4 is 10.6 Å². The second-order valence-electron chi connectivity index (χ2n) is 8.39. The van der Waals surface area contributed by atoms with Crippen LogP contribution in [0, 0.1) is 5.92 Å². The minimum Gasteiger partial charge on any atom is -0.390 e. The Morgan fingerprint density at radius 2 is 2.12 bits per heavy atom. The van der Waals surface area contributed by atoms with Crippen molar-refractivity contribution in [3.8, 4) is 0 Å². The van der Waals surface area contributed by atoms with Crippen molar-refractivity contribution in [3.05, 3.63) is 82.3 Å². The second kappa shape index (κ2) is 8.74. The molecule has 1 unspecified atom stereocenters. The van der Waals surface area contributed by atoms with Gasteiger partial charge in [-0.1, -0.05) is 29.3 Å². The topological polar surface area (TPSA) is 92.7 Å². The molecule has 3 aliphatic heterocycles. The summed E-state index contributed by atoms with van der Waals surface area (Å²) in [4.78, 5) is 17.9. The largest absolute Gasteiger partial charge is 0.390 e. The number of fused-ring (bicyclic) bond motifs is 2. The van der Waals surface area contributed by atoms with Crippen LogP contribution in [0.2, 0.25) is 10.0 Å². The van der Waals surface area contributed by atoms with Crippen LogP contribution in [0.25, 0.3) is 0 Å². The summed E-state index contributed by atoms with van der Waals surface area (Å²) in [5, 5.41) is 17.5. The predicted octanol–water partition coefficient (Wildman–Crippen LogP) is 3.73. The number of carbonyl (C=O) groups is 1. The summed E-state index contributed by atoms with van der Waals surface area (Å²) in [6.07, 6.45) is 8.00. The minimum absolute atomic E-state index is 0.198. The summed E-state index contributed by atoms with van der Waals surface area (Å²) in [6, 6.07) is 8.71. The van der Waals surface area contributed by atoms with Crippen LogP contribution in [0.1, 0.15) is 23.6 Å². The number of pyridine rings is 1. The molecule has 6 atom stereocenters. The van der Waals surface area contributed by atoms with E-state index in [9.17, 15) is 9.90 Å². The molecule has 0 saturated carbocycles. The maximum atomic E-state index is 13.4. The van der Waals surface area contributed by atoms with Crippen LogP contribution in [0.5, 0.6) is 0 Å². The van der Waals surface area contributed by atoms with Gasteiger partial charge in [0, 0.05) is 31.3 Å². The van der Waals surface area contributed by atoms with Gasteiger partial charge in [-0.25, -0.2) is 0 Å². The Morgan fingerprint density at radius 1 is 1.27 bits per heavy atom. The Morgan fingerprint density at radius 3 is 2.85 bits per heavy atom. The Kier molecular flexibility index (Phi) is 5.93. The summed E-state index contributed by atoms with van der Waals surface area (Å²) >= 11 is 12.1. The van der Waals surface area contributed by atoms with Crippen molar-refractivity contribution in [2.24, 2.45) is 5.92 Å². The Bertz CT molecular complexity index is 1140. The normalized spacial score (nSPS) is 32.1. The number of nitrogens with one attached hydrogen (secondary N) is 2. The molecule has 2 fully saturated rings. The summed E-state index contributed by atoms with van der Waals surface area (Å²) in [7, 11) is 1.60. The molecule has 33 heavy (non-hydrogen) atoms. The lowest BCUT2D eigenvalue weighted by molar-refractivity contribution is -0.121. The van der Waals surface area contributed by atoms with Gasteiger partial charge in [-0.2, -0.15) is 0 Å². The zero-order chi connectivity index (χ0) is 23.2. The van der Waals surface area contributed by atoms with Gasteiger partial charge < -0.3 is 25.2 Å². The molecule has 1 aromatic heterocycles. The number of methoxy groups -OCH3 is 1. The molecule has 1 amide bonds. The minimum atomic E-state index is -0.917. The van der Waals surface area contributed by atoms with Gasteiger partial charge in [-0.3, -0.25) is 9.78 Å². The van der Waals surface area contributed by atoms with Crippen molar-refractivity contribution >= 4 is 34.8 Å². The van der Waals surface area contributed by atoms with Gasteiger partial charge in [0.15, 0.2) is 0 Å². The highest BCUT2D eigenvalue weighted by molar-refractivity contribution is 6.42. The highest BCUT2D eigenvalue weighted by Crippen LogP contribution is 2.49. The number of halogens is 2. The second-order valence-corrected chi connectivity index (χ2v) is 9.20. The molecular formula is C24H23Cl2N3O4. The van der Waals surface area contributed by atoms with Crippen LogP contribution in [0.15, 0.2) is 61.0 Å². The first kappa shape index (κ1) is 22.4. The van der Waals surface area contributed by atoms with Gasteiger partial charge in [0.2, 0.25) is 11.6 Å². The average Bonchev–Trinajstić information content (AvgIpc) is 3.39. The summed E-state index contributed by atoms with van der Waals surface area (Å²) in [5.74, 6) is -1.03. The maximum absolute atomic E-state index is 13.4. The first-order valence-corrected chi connectivity index (χ1v) is 11.4. The van der Waals surface area contributed by atoms with E-state index in [1.807, 2.05) is 30.4 Å². The summed E-state index contributed by atoms with van der Waals surface area (Å²) in [5.41, 5.74) is 1.12. The number of anilines is 1. The van der Waals surface area contributed by atoms with Gasteiger partial charge in [0.25, 0.3) is 0 Å². The number of ether oxygens (including phenoxy) is 2. The molecule has 0 radical (unpaired) electrons. The third kappa shape index (κ3) is 3.94. The van der Waals surface area contributed by atoms with Crippen molar-refractivity contribution in [1.82, 2.24) is 10.3 Å². The van der Waals surface area contributed by atoms with Gasteiger partial charge in [-0.05, 0) is 54.2 Å². The van der Waals surface area contributed by atoms with E-state index < -0.39 is 23.9 Å². The third-order valence-electron chi connectivity index (χ3n) is 6.52. The van der Waals surface area contributed by atoms with E-state index in [2.05, 4.69) is 15.6 Å². The fraction of sp³-hybridized carbons (Fsp3) is 0.333. The van der Waals surface area contributed by atoms with Crippen LogP contribution >= 0.6 is 23.2 Å². The molecule has 4 heterocycles. The SMILES string of the molecule is COC1(c2cc([C@@H]3[C@@H]4O[C@@H](C[C@H]4O)[C@@H]3C(=O)Nc3ccc(Cl)c(Cl)c3)ccn2)C=CC=CN1. The number of aliphatic hydroxyl groups is 1. The molecule has 2 bridgehead atoms. The van der Waals surface area contributed by atoms with Crippen LogP contribution in [-0.4, -0.2) is 41.4 Å². The maximum Gasteiger partial charge on any atom is 0.230 e. The molecule has 9 heteroatoms. The zero-order valence-electron chi connectivity index (χ0n) is 17.7. The number of dihydropyridines is 1. The lowest BCUT2D eigenvalue weighted by Crippen LogP contribution is -2.42. The average molecular weight is 488 g/mol. The molecule has 1 aromatic carbocycles. The van der Waals surface area contributed by atoms with Gasteiger partial charge in [0.05, 0.1) is 40.0 Å². The number of aliphatic hydroxyl groups excluding tert-OH is 1. The number of nitrogens with zero attached hydrogens (tertiary/aromatic N) is 1. The summed E-state index contributed by atoms with van der Waals surface area (Å²) in [6.45, 7) is 0. The van der Waals surface area contributed by atoms with E-state index in [0.717, 1.165) is 5.56 Å². The summed E-state index contributed by atoms with van der Waals surface area (Å²) < 4.78 is 11.8. The zero-order valence-corrected chi connectivity index (χ0v) is 19.3. The number of allylic oxidation sites excluding steroid dienone is 2. The van der Waals surface area contributed by atoms with Crippen molar-refractivity contribution in [2.75, 3.05) is 12.4 Å². The molecule has 7 nitrogen and oxygen atoms in total. The Balaban J connectivity index is 1.47. The predicted molar refractivity (Wildman–Crippen MR) is 125 cm³/mol. The Hall–Kier alpha value is -2.42. The van der Waals surface area contributed by atoms with E-state index in [4.69, 9.17) is 32.7 Å². The van der Waals surface area contributed by atoms with Crippen molar-refractivity contribution in [2.45, 2.75) is 36.4 Å². The van der Waals surface area contributed by atoms with Gasteiger partial charge >= 0.3 is 0 Å². The smallest absolute Gasteiger partial charge is 0.230 e. The van der Waals surface area contributed by atoms with E-state index >= 15 is 0 Å². The number of benzene rings is 1.